The molecule has 1 aliphatic rings. The SMILES string of the molecule is O=Cc1ccc(-n2ncc3c2COCC3)cc1. The van der Waals surface area contributed by atoms with Crippen molar-refractivity contribution in [3.8, 4) is 5.69 Å². The molecule has 0 saturated carbocycles. The Morgan fingerprint density at radius 3 is 2.88 bits per heavy atom. The van der Waals surface area contributed by atoms with E-state index in [1.54, 1.807) is 12.1 Å². The fourth-order valence-electron chi connectivity index (χ4n) is 2.04. The summed E-state index contributed by atoms with van der Waals surface area (Å²) in [4.78, 5) is 10.6. The number of nitrogens with zero attached hydrogens (tertiary/aromatic N) is 2. The molecule has 0 unspecified atom stereocenters. The van der Waals surface area contributed by atoms with Crippen LogP contribution < -0.4 is 0 Å². The molecule has 1 aromatic carbocycles. The van der Waals surface area contributed by atoms with E-state index >= 15 is 0 Å². The van der Waals surface area contributed by atoms with Crippen molar-refractivity contribution < 1.29 is 9.53 Å². The quantitative estimate of drug-likeness (QED) is 0.736. The van der Waals surface area contributed by atoms with Crippen LogP contribution in [0.3, 0.4) is 0 Å². The van der Waals surface area contributed by atoms with Crippen LogP contribution >= 0.6 is 0 Å². The van der Waals surface area contributed by atoms with Crippen molar-refractivity contribution in [2.24, 2.45) is 0 Å². The number of benzene rings is 1. The predicted octanol–water partition coefficient (Wildman–Crippen LogP) is 1.76. The van der Waals surface area contributed by atoms with Crippen LogP contribution in [0.15, 0.2) is 30.5 Å². The Morgan fingerprint density at radius 1 is 1.29 bits per heavy atom. The highest BCUT2D eigenvalue weighted by Gasteiger charge is 2.16. The molecule has 0 bridgehead atoms. The van der Waals surface area contributed by atoms with E-state index in [1.165, 1.54) is 5.56 Å². The van der Waals surface area contributed by atoms with Crippen LogP contribution in [0.4, 0.5) is 0 Å². The zero-order chi connectivity index (χ0) is 11.7. The van der Waals surface area contributed by atoms with E-state index < -0.39 is 0 Å². The predicted molar refractivity (Wildman–Crippen MR) is 62.3 cm³/mol. The molecule has 2 heterocycles. The number of hydrogen-bond acceptors (Lipinski definition) is 3. The van der Waals surface area contributed by atoms with Gasteiger partial charge in [-0.1, -0.05) is 0 Å². The van der Waals surface area contributed by atoms with Crippen LogP contribution in [0.2, 0.25) is 0 Å². The Balaban J connectivity index is 2.02. The summed E-state index contributed by atoms with van der Waals surface area (Å²) >= 11 is 0. The lowest BCUT2D eigenvalue weighted by Gasteiger charge is -2.14. The standard InChI is InChI=1S/C13H12N2O2/c16-8-10-1-3-12(4-2-10)15-13-9-17-6-5-11(13)7-14-15/h1-4,7-8H,5-6,9H2. The number of carbonyl (C=O) groups is 1. The molecule has 2 aromatic rings. The summed E-state index contributed by atoms with van der Waals surface area (Å²) < 4.78 is 7.32. The van der Waals surface area contributed by atoms with Gasteiger partial charge in [-0.2, -0.15) is 5.10 Å². The van der Waals surface area contributed by atoms with Crippen LogP contribution in [-0.2, 0) is 17.8 Å². The Bertz CT molecular complexity index is 543. The summed E-state index contributed by atoms with van der Waals surface area (Å²) in [5.74, 6) is 0. The molecule has 0 N–H and O–H groups in total. The molecular formula is C13H12N2O2. The normalized spacial score (nSPS) is 14.4. The van der Waals surface area contributed by atoms with E-state index in [0.29, 0.717) is 12.2 Å². The molecule has 1 aromatic heterocycles. The van der Waals surface area contributed by atoms with Gasteiger partial charge in [-0.05, 0) is 36.2 Å². The summed E-state index contributed by atoms with van der Waals surface area (Å²) in [6.07, 6.45) is 3.65. The van der Waals surface area contributed by atoms with Crippen molar-refractivity contribution in [3.63, 3.8) is 0 Å². The van der Waals surface area contributed by atoms with Gasteiger partial charge in [0.05, 0.1) is 30.8 Å². The van der Waals surface area contributed by atoms with Gasteiger partial charge in [-0.15, -0.1) is 0 Å². The van der Waals surface area contributed by atoms with Gasteiger partial charge >= 0.3 is 0 Å². The van der Waals surface area contributed by atoms with Crippen LogP contribution in [0.1, 0.15) is 21.6 Å². The average molecular weight is 228 g/mol. The topological polar surface area (TPSA) is 44.1 Å². The molecule has 0 amide bonds. The molecule has 0 fully saturated rings. The van der Waals surface area contributed by atoms with Gasteiger partial charge in [0.2, 0.25) is 0 Å². The summed E-state index contributed by atoms with van der Waals surface area (Å²) in [6.45, 7) is 1.37. The zero-order valence-electron chi connectivity index (χ0n) is 9.30. The summed E-state index contributed by atoms with van der Waals surface area (Å²) in [6, 6.07) is 7.37. The molecule has 0 atom stereocenters. The molecule has 0 aliphatic carbocycles. The van der Waals surface area contributed by atoms with Crippen molar-refractivity contribution in [2.45, 2.75) is 13.0 Å². The highest BCUT2D eigenvalue weighted by molar-refractivity contribution is 5.75. The lowest BCUT2D eigenvalue weighted by Crippen LogP contribution is -2.12. The van der Waals surface area contributed by atoms with Gasteiger partial charge in [-0.3, -0.25) is 4.79 Å². The Hall–Kier alpha value is -1.94. The summed E-state index contributed by atoms with van der Waals surface area (Å²) in [5, 5.41) is 4.37. The van der Waals surface area contributed by atoms with Crippen molar-refractivity contribution >= 4 is 6.29 Å². The molecule has 4 nitrogen and oxygen atoms in total. The number of ether oxygens (including phenoxy) is 1. The molecule has 0 saturated heterocycles. The lowest BCUT2D eigenvalue weighted by atomic mass is 10.1. The monoisotopic (exact) mass is 228 g/mol. The van der Waals surface area contributed by atoms with Gasteiger partial charge in [0.15, 0.2) is 0 Å². The molecule has 3 rings (SSSR count). The Kier molecular flexibility index (Phi) is 2.49. The maximum atomic E-state index is 10.6. The zero-order valence-corrected chi connectivity index (χ0v) is 9.30. The second-order valence-corrected chi connectivity index (χ2v) is 4.04. The number of aldehydes is 1. The maximum Gasteiger partial charge on any atom is 0.150 e. The first-order chi connectivity index (χ1) is 8.38. The van der Waals surface area contributed by atoms with E-state index in [1.807, 2.05) is 23.0 Å². The Morgan fingerprint density at radius 2 is 2.12 bits per heavy atom. The second kappa shape index (κ2) is 4.14. The van der Waals surface area contributed by atoms with Crippen molar-refractivity contribution in [3.05, 3.63) is 47.3 Å². The van der Waals surface area contributed by atoms with E-state index in [9.17, 15) is 4.79 Å². The van der Waals surface area contributed by atoms with Crippen LogP contribution in [0, 0.1) is 0 Å². The van der Waals surface area contributed by atoms with Crippen molar-refractivity contribution in [1.82, 2.24) is 9.78 Å². The van der Waals surface area contributed by atoms with Gasteiger partial charge in [-0.25, -0.2) is 4.68 Å². The fraction of sp³-hybridized carbons (Fsp3) is 0.231. The van der Waals surface area contributed by atoms with E-state index in [-0.39, 0.29) is 0 Å². The van der Waals surface area contributed by atoms with E-state index in [4.69, 9.17) is 4.74 Å². The minimum Gasteiger partial charge on any atom is -0.375 e. The van der Waals surface area contributed by atoms with Crippen LogP contribution in [0.25, 0.3) is 5.69 Å². The first-order valence-electron chi connectivity index (χ1n) is 5.57. The van der Waals surface area contributed by atoms with E-state index in [0.717, 1.165) is 30.7 Å². The summed E-state index contributed by atoms with van der Waals surface area (Å²) in [7, 11) is 0. The van der Waals surface area contributed by atoms with Gasteiger partial charge in [0, 0.05) is 5.56 Å². The summed E-state index contributed by atoms with van der Waals surface area (Å²) in [5.41, 5.74) is 3.99. The fourth-order valence-corrected chi connectivity index (χ4v) is 2.04. The molecular weight excluding hydrogens is 216 g/mol. The number of fused-ring (bicyclic) bond motifs is 1. The third kappa shape index (κ3) is 1.76. The lowest BCUT2D eigenvalue weighted by molar-refractivity contribution is 0.106. The Labute approximate surface area is 98.8 Å². The number of carbonyl (C=O) groups excluding carboxylic acids is 1. The van der Waals surface area contributed by atoms with Gasteiger partial charge in [0.1, 0.15) is 6.29 Å². The number of rotatable bonds is 2. The number of aromatic nitrogens is 2. The van der Waals surface area contributed by atoms with Crippen molar-refractivity contribution in [1.29, 1.82) is 0 Å². The van der Waals surface area contributed by atoms with Crippen molar-refractivity contribution in [2.75, 3.05) is 6.61 Å². The molecule has 1 aliphatic heterocycles. The first-order valence-corrected chi connectivity index (χ1v) is 5.57. The maximum absolute atomic E-state index is 10.6. The highest BCUT2D eigenvalue weighted by Crippen LogP contribution is 2.20. The molecule has 4 heteroatoms. The molecule has 0 spiro atoms. The smallest absolute Gasteiger partial charge is 0.150 e. The average Bonchev–Trinajstić information content (AvgIpc) is 2.83. The molecule has 17 heavy (non-hydrogen) atoms. The molecule has 0 radical (unpaired) electrons. The van der Waals surface area contributed by atoms with Crippen LogP contribution in [0.5, 0.6) is 0 Å². The van der Waals surface area contributed by atoms with Crippen LogP contribution in [-0.4, -0.2) is 22.7 Å². The third-order valence-corrected chi connectivity index (χ3v) is 2.98. The molecule has 86 valence electrons. The van der Waals surface area contributed by atoms with Gasteiger partial charge in [0.25, 0.3) is 0 Å². The minimum atomic E-state index is 0.602. The minimum absolute atomic E-state index is 0.602. The number of hydrogen-bond donors (Lipinski definition) is 0. The largest absolute Gasteiger partial charge is 0.375 e. The highest BCUT2D eigenvalue weighted by atomic mass is 16.5. The van der Waals surface area contributed by atoms with E-state index in [2.05, 4.69) is 5.10 Å². The first kappa shape index (κ1) is 10.2. The second-order valence-electron chi connectivity index (χ2n) is 4.04. The van der Waals surface area contributed by atoms with Gasteiger partial charge < -0.3 is 4.74 Å². The third-order valence-electron chi connectivity index (χ3n) is 2.98.